The quantitative estimate of drug-likeness (QED) is 0.875. The van der Waals surface area contributed by atoms with Crippen LogP contribution in [0.4, 0.5) is 8.78 Å². The first-order chi connectivity index (χ1) is 9.52. The van der Waals surface area contributed by atoms with E-state index >= 15 is 0 Å². The monoisotopic (exact) mass is 282 g/mol. The van der Waals surface area contributed by atoms with Crippen molar-refractivity contribution in [3.05, 3.63) is 42.1 Å². The van der Waals surface area contributed by atoms with Crippen LogP contribution in [0.2, 0.25) is 0 Å². The van der Waals surface area contributed by atoms with E-state index in [0.717, 1.165) is 5.56 Å². The van der Waals surface area contributed by atoms with Crippen molar-refractivity contribution >= 4 is 5.91 Å². The number of amides is 1. The van der Waals surface area contributed by atoms with E-state index in [4.69, 9.17) is 9.63 Å². The summed E-state index contributed by atoms with van der Waals surface area (Å²) in [7, 11) is 0. The molecule has 2 aromatic rings. The minimum atomic E-state index is -3.36. The fourth-order valence-corrected chi connectivity index (χ4v) is 1.48. The molecule has 1 aromatic heterocycles. The highest BCUT2D eigenvalue weighted by Gasteiger charge is 2.28. The number of nitrogens with one attached hydrogen (secondary N) is 1. The molecular formula is C13H12F2N2O3. The van der Waals surface area contributed by atoms with Crippen molar-refractivity contribution in [3.8, 4) is 11.3 Å². The third-order valence-electron chi connectivity index (χ3n) is 2.54. The number of aliphatic hydroxyl groups is 1. The molecule has 0 radical (unpaired) electrons. The fraction of sp³-hybridized carbons (Fsp3) is 0.231. The number of aromatic nitrogens is 1. The molecule has 0 atom stereocenters. The van der Waals surface area contributed by atoms with Gasteiger partial charge in [0, 0.05) is 11.6 Å². The molecule has 0 spiro atoms. The van der Waals surface area contributed by atoms with Crippen molar-refractivity contribution in [1.29, 1.82) is 0 Å². The first kappa shape index (κ1) is 14.1. The van der Waals surface area contributed by atoms with E-state index in [0.29, 0.717) is 5.76 Å². The maximum absolute atomic E-state index is 12.8. The molecule has 0 saturated carbocycles. The summed E-state index contributed by atoms with van der Waals surface area (Å²) in [6.07, 6.45) is 0. The number of nitrogens with zero attached hydrogens (tertiary/aromatic N) is 1. The summed E-state index contributed by atoms with van der Waals surface area (Å²) in [5.41, 5.74) is 0.623. The van der Waals surface area contributed by atoms with Gasteiger partial charge in [0.1, 0.15) is 6.61 Å². The number of aliphatic hydroxyl groups excluding tert-OH is 1. The van der Waals surface area contributed by atoms with Gasteiger partial charge in [-0.15, -0.1) is 0 Å². The Hall–Kier alpha value is -2.28. The molecule has 0 fully saturated rings. The van der Waals surface area contributed by atoms with E-state index < -0.39 is 25.0 Å². The molecule has 1 heterocycles. The third-order valence-corrected chi connectivity index (χ3v) is 2.54. The topological polar surface area (TPSA) is 75.4 Å². The largest absolute Gasteiger partial charge is 0.390 e. The molecule has 0 saturated heterocycles. The van der Waals surface area contributed by atoms with E-state index in [9.17, 15) is 13.6 Å². The maximum atomic E-state index is 12.8. The van der Waals surface area contributed by atoms with Crippen molar-refractivity contribution in [2.75, 3.05) is 13.2 Å². The SMILES string of the molecule is O=C(NCC(F)(F)CO)c1cc(-c2ccccc2)on1. The zero-order valence-corrected chi connectivity index (χ0v) is 10.3. The average molecular weight is 282 g/mol. The fourth-order valence-electron chi connectivity index (χ4n) is 1.48. The second-order valence-electron chi connectivity index (χ2n) is 4.14. The van der Waals surface area contributed by atoms with E-state index in [-0.39, 0.29) is 5.69 Å². The highest BCUT2D eigenvalue weighted by Crippen LogP contribution is 2.19. The molecular weight excluding hydrogens is 270 g/mol. The minimum absolute atomic E-state index is 0.0995. The molecule has 0 aliphatic heterocycles. The second kappa shape index (κ2) is 5.79. The van der Waals surface area contributed by atoms with Gasteiger partial charge in [-0.3, -0.25) is 4.79 Å². The zero-order valence-electron chi connectivity index (χ0n) is 10.3. The molecule has 2 N–H and O–H groups in total. The van der Waals surface area contributed by atoms with Gasteiger partial charge >= 0.3 is 0 Å². The molecule has 20 heavy (non-hydrogen) atoms. The number of carbonyl (C=O) groups excluding carboxylic acids is 1. The number of hydrogen-bond acceptors (Lipinski definition) is 4. The Labute approximate surface area is 113 Å². The van der Waals surface area contributed by atoms with Crippen molar-refractivity contribution < 1.29 is 23.2 Å². The summed E-state index contributed by atoms with van der Waals surface area (Å²) < 4.78 is 30.6. The van der Waals surface area contributed by atoms with Crippen LogP contribution >= 0.6 is 0 Å². The summed E-state index contributed by atoms with van der Waals surface area (Å²) in [6, 6.07) is 10.3. The van der Waals surface area contributed by atoms with E-state index in [2.05, 4.69) is 5.16 Å². The van der Waals surface area contributed by atoms with Crippen LogP contribution in [0.25, 0.3) is 11.3 Å². The molecule has 2 rings (SSSR count). The number of hydrogen-bond donors (Lipinski definition) is 2. The van der Waals surface area contributed by atoms with Crippen molar-refractivity contribution in [2.45, 2.75) is 5.92 Å². The lowest BCUT2D eigenvalue weighted by Gasteiger charge is -2.12. The van der Waals surface area contributed by atoms with Gasteiger partial charge < -0.3 is 14.9 Å². The van der Waals surface area contributed by atoms with Gasteiger partial charge in [0.15, 0.2) is 11.5 Å². The van der Waals surface area contributed by atoms with Crippen molar-refractivity contribution in [3.63, 3.8) is 0 Å². The van der Waals surface area contributed by atoms with Crippen LogP contribution < -0.4 is 5.32 Å². The molecule has 1 amide bonds. The molecule has 0 bridgehead atoms. The number of alkyl halides is 2. The van der Waals surface area contributed by atoms with Crippen molar-refractivity contribution in [1.82, 2.24) is 10.5 Å². The first-order valence-corrected chi connectivity index (χ1v) is 5.81. The van der Waals surface area contributed by atoms with Crippen LogP contribution in [0, 0.1) is 0 Å². The summed E-state index contributed by atoms with van der Waals surface area (Å²) >= 11 is 0. The van der Waals surface area contributed by atoms with Gasteiger partial charge in [-0.25, -0.2) is 8.78 Å². The van der Waals surface area contributed by atoms with Crippen molar-refractivity contribution in [2.24, 2.45) is 0 Å². The second-order valence-corrected chi connectivity index (χ2v) is 4.14. The van der Waals surface area contributed by atoms with Gasteiger partial charge in [0.05, 0.1) is 6.54 Å². The number of rotatable bonds is 5. The number of halogens is 2. The standard InChI is InChI=1S/C13H12F2N2O3/c14-13(15,8-18)7-16-12(19)10-6-11(20-17-10)9-4-2-1-3-5-9/h1-6,18H,7-8H2,(H,16,19). The molecule has 0 aliphatic carbocycles. The van der Waals surface area contributed by atoms with Crippen LogP contribution in [0.1, 0.15) is 10.5 Å². The zero-order chi connectivity index (χ0) is 14.6. The smallest absolute Gasteiger partial charge is 0.287 e. The molecule has 5 nitrogen and oxygen atoms in total. The number of carbonyl (C=O) groups is 1. The minimum Gasteiger partial charge on any atom is -0.390 e. The van der Waals surface area contributed by atoms with Gasteiger partial charge in [-0.05, 0) is 0 Å². The Morgan fingerprint density at radius 2 is 2.05 bits per heavy atom. The summed E-state index contributed by atoms with van der Waals surface area (Å²) in [4.78, 5) is 11.6. The lowest BCUT2D eigenvalue weighted by atomic mass is 10.1. The Bertz CT molecular complexity index is 584. The Balaban J connectivity index is 2.04. The lowest BCUT2D eigenvalue weighted by Crippen LogP contribution is -2.39. The molecule has 1 aromatic carbocycles. The van der Waals surface area contributed by atoms with Gasteiger partial charge in [-0.1, -0.05) is 35.5 Å². The molecule has 7 heteroatoms. The Morgan fingerprint density at radius 1 is 1.35 bits per heavy atom. The van der Waals surface area contributed by atoms with E-state index in [1.165, 1.54) is 6.07 Å². The van der Waals surface area contributed by atoms with E-state index in [1.807, 2.05) is 11.4 Å². The van der Waals surface area contributed by atoms with E-state index in [1.54, 1.807) is 24.3 Å². The van der Waals surface area contributed by atoms with Gasteiger partial charge in [0.2, 0.25) is 0 Å². The van der Waals surface area contributed by atoms with Crippen LogP contribution in [-0.2, 0) is 0 Å². The maximum Gasteiger partial charge on any atom is 0.287 e. The predicted octanol–water partition coefficient (Wildman–Crippen LogP) is 1.70. The highest BCUT2D eigenvalue weighted by molar-refractivity contribution is 5.93. The average Bonchev–Trinajstić information content (AvgIpc) is 2.96. The Morgan fingerprint density at radius 3 is 2.70 bits per heavy atom. The Kier molecular flexibility index (Phi) is 4.09. The van der Waals surface area contributed by atoms with Crippen LogP contribution in [0.15, 0.2) is 40.9 Å². The highest BCUT2D eigenvalue weighted by atomic mass is 19.3. The summed E-state index contributed by atoms with van der Waals surface area (Å²) in [5, 5.41) is 13.9. The van der Waals surface area contributed by atoms with Crippen LogP contribution in [-0.4, -0.2) is 35.2 Å². The summed E-state index contributed by atoms with van der Waals surface area (Å²) in [6.45, 7) is -2.29. The molecule has 106 valence electrons. The number of benzene rings is 1. The first-order valence-electron chi connectivity index (χ1n) is 5.81. The normalized spacial score (nSPS) is 11.3. The van der Waals surface area contributed by atoms with Gasteiger partial charge in [-0.2, -0.15) is 0 Å². The summed E-state index contributed by atoms with van der Waals surface area (Å²) in [5.74, 6) is -3.78. The van der Waals surface area contributed by atoms with Gasteiger partial charge in [0.25, 0.3) is 11.8 Å². The van der Waals surface area contributed by atoms with Crippen LogP contribution in [0.3, 0.4) is 0 Å². The third kappa shape index (κ3) is 3.39. The molecule has 0 aliphatic rings. The van der Waals surface area contributed by atoms with Crippen LogP contribution in [0.5, 0.6) is 0 Å². The molecule has 0 unspecified atom stereocenters. The predicted molar refractivity (Wildman–Crippen MR) is 66.3 cm³/mol. The lowest BCUT2D eigenvalue weighted by molar-refractivity contribution is -0.0462.